The number of hydrazine groups is 1. The van der Waals surface area contributed by atoms with Crippen molar-refractivity contribution in [3.8, 4) is 0 Å². The number of carbonyl (C=O) groups excluding carboxylic acids is 1. The molecule has 0 aromatic carbocycles. The van der Waals surface area contributed by atoms with Crippen LogP contribution in [-0.4, -0.2) is 59.0 Å². The Morgan fingerprint density at radius 1 is 1.47 bits per heavy atom. The molecule has 6 nitrogen and oxygen atoms in total. The van der Waals surface area contributed by atoms with Crippen molar-refractivity contribution in [3.63, 3.8) is 0 Å². The molecule has 6 heteroatoms. The Bertz CT molecular complexity index is 315. The lowest BCUT2D eigenvalue weighted by atomic mass is 10.4. The quantitative estimate of drug-likeness (QED) is 0.676. The molecule has 0 bridgehead atoms. The highest BCUT2D eigenvalue weighted by Crippen LogP contribution is 1.96. The predicted octanol–water partition coefficient (Wildman–Crippen LogP) is -0.698. The molecule has 0 saturated carbocycles. The lowest BCUT2D eigenvalue weighted by molar-refractivity contribution is 0.0653. The van der Waals surface area contributed by atoms with Gasteiger partial charge in [0.15, 0.2) is 5.82 Å². The third-order valence-electron chi connectivity index (χ3n) is 2.48. The zero-order valence-corrected chi connectivity index (χ0v) is 8.73. The molecule has 1 aliphatic rings. The van der Waals surface area contributed by atoms with Crippen molar-refractivity contribution in [2.45, 2.75) is 0 Å². The summed E-state index contributed by atoms with van der Waals surface area (Å²) in [5.74, 6) is 0.179. The largest absolute Gasteiger partial charge is 0.340 e. The van der Waals surface area contributed by atoms with Gasteiger partial charge in [-0.25, -0.2) is 9.99 Å². The van der Waals surface area contributed by atoms with Crippen LogP contribution in [-0.2, 0) is 0 Å². The summed E-state index contributed by atoms with van der Waals surface area (Å²) in [5.41, 5.74) is 2.82. The van der Waals surface area contributed by atoms with Gasteiger partial charge < -0.3 is 9.88 Å². The molecule has 2 heterocycles. The van der Waals surface area contributed by atoms with Crippen molar-refractivity contribution < 1.29 is 4.79 Å². The van der Waals surface area contributed by atoms with E-state index in [9.17, 15) is 4.79 Å². The first kappa shape index (κ1) is 10.1. The van der Waals surface area contributed by atoms with Crippen LogP contribution in [0.2, 0.25) is 0 Å². The minimum Gasteiger partial charge on any atom is -0.340 e. The fourth-order valence-electron chi connectivity index (χ4n) is 1.50. The Morgan fingerprint density at radius 2 is 2.20 bits per heavy atom. The van der Waals surface area contributed by atoms with Crippen LogP contribution in [0.15, 0.2) is 12.4 Å². The molecular formula is C9H15N5O. The van der Waals surface area contributed by atoms with Gasteiger partial charge in [0.2, 0.25) is 0 Å². The maximum atomic E-state index is 11.6. The predicted molar refractivity (Wildman–Crippen MR) is 55.1 cm³/mol. The molecule has 15 heavy (non-hydrogen) atoms. The van der Waals surface area contributed by atoms with Crippen molar-refractivity contribution >= 4 is 5.91 Å². The van der Waals surface area contributed by atoms with Crippen LogP contribution in [0.4, 0.5) is 0 Å². The number of hydrogen-bond donors (Lipinski definition) is 2. The van der Waals surface area contributed by atoms with Crippen LogP contribution < -0.4 is 5.43 Å². The van der Waals surface area contributed by atoms with E-state index >= 15 is 0 Å². The molecule has 0 atom stereocenters. The van der Waals surface area contributed by atoms with Gasteiger partial charge in [-0.2, -0.15) is 0 Å². The lowest BCUT2D eigenvalue weighted by Crippen LogP contribution is -2.52. The van der Waals surface area contributed by atoms with Gasteiger partial charge in [0.25, 0.3) is 0 Å². The fourth-order valence-corrected chi connectivity index (χ4v) is 1.50. The molecular weight excluding hydrogens is 194 g/mol. The van der Waals surface area contributed by atoms with E-state index in [-0.39, 0.29) is 5.91 Å². The molecule has 1 fully saturated rings. The second kappa shape index (κ2) is 4.41. The highest BCUT2D eigenvalue weighted by molar-refractivity contribution is 5.89. The summed E-state index contributed by atoms with van der Waals surface area (Å²) < 4.78 is 0. The average molecular weight is 209 g/mol. The van der Waals surface area contributed by atoms with Gasteiger partial charge in [-0.1, -0.05) is 0 Å². The average Bonchev–Trinajstić information content (AvgIpc) is 2.74. The number of H-pyrrole nitrogens is 1. The van der Waals surface area contributed by atoms with Gasteiger partial charge in [-0.15, -0.1) is 0 Å². The molecule has 0 aliphatic carbocycles. The van der Waals surface area contributed by atoms with Gasteiger partial charge in [0, 0.05) is 38.6 Å². The smallest absolute Gasteiger partial charge is 0.301 e. The van der Waals surface area contributed by atoms with E-state index in [1.165, 1.54) is 0 Å². The topological polar surface area (TPSA) is 64.3 Å². The normalized spacial score (nSPS) is 19.0. The van der Waals surface area contributed by atoms with Crippen LogP contribution in [0.1, 0.15) is 10.6 Å². The Morgan fingerprint density at radius 3 is 2.80 bits per heavy atom. The molecule has 1 aromatic rings. The van der Waals surface area contributed by atoms with Crippen molar-refractivity contribution in [3.05, 3.63) is 18.2 Å². The molecule has 0 radical (unpaired) electrons. The first-order valence-electron chi connectivity index (χ1n) is 4.99. The Hall–Kier alpha value is -1.40. The van der Waals surface area contributed by atoms with E-state index in [4.69, 9.17) is 0 Å². The van der Waals surface area contributed by atoms with E-state index in [2.05, 4.69) is 27.3 Å². The molecule has 1 saturated heterocycles. The fraction of sp³-hybridized carbons (Fsp3) is 0.556. The highest BCUT2D eigenvalue weighted by Gasteiger charge is 2.17. The van der Waals surface area contributed by atoms with Gasteiger partial charge in [0.05, 0.1) is 0 Å². The number of carbonyl (C=O) groups is 1. The molecule has 0 spiro atoms. The second-order valence-corrected chi connectivity index (χ2v) is 3.67. The number of piperazine rings is 1. The Kier molecular flexibility index (Phi) is 2.98. The molecule has 82 valence electrons. The number of aromatic nitrogens is 2. The van der Waals surface area contributed by atoms with Crippen LogP contribution in [0.3, 0.4) is 0 Å². The first-order chi connectivity index (χ1) is 7.25. The van der Waals surface area contributed by atoms with E-state index < -0.39 is 0 Å². The standard InChI is InChI=1S/C9H15N5O/c1-13-4-6-14(7-5-13)12-9(15)8-10-2-3-11-8/h2-3H,4-7H2,1H3,(H,10,11)(H,12,15). The molecule has 1 amide bonds. The third kappa shape index (κ3) is 2.54. The summed E-state index contributed by atoms with van der Waals surface area (Å²) in [7, 11) is 2.08. The van der Waals surface area contributed by atoms with E-state index in [1.807, 2.05) is 5.01 Å². The van der Waals surface area contributed by atoms with E-state index in [0.717, 1.165) is 26.2 Å². The van der Waals surface area contributed by atoms with Crippen LogP contribution >= 0.6 is 0 Å². The highest BCUT2D eigenvalue weighted by atomic mass is 16.2. The van der Waals surface area contributed by atoms with E-state index in [0.29, 0.717) is 5.82 Å². The minimum absolute atomic E-state index is 0.176. The monoisotopic (exact) mass is 209 g/mol. The van der Waals surface area contributed by atoms with Crippen LogP contribution in [0.5, 0.6) is 0 Å². The number of amides is 1. The molecule has 1 aliphatic heterocycles. The zero-order valence-electron chi connectivity index (χ0n) is 8.73. The maximum absolute atomic E-state index is 11.6. The van der Waals surface area contributed by atoms with Crippen molar-refractivity contribution in [1.82, 2.24) is 25.3 Å². The lowest BCUT2D eigenvalue weighted by Gasteiger charge is -2.32. The van der Waals surface area contributed by atoms with Gasteiger partial charge in [-0.3, -0.25) is 10.2 Å². The molecule has 0 unspecified atom stereocenters. The van der Waals surface area contributed by atoms with Gasteiger partial charge in [0.1, 0.15) is 0 Å². The first-order valence-corrected chi connectivity index (χ1v) is 4.99. The van der Waals surface area contributed by atoms with Crippen molar-refractivity contribution in [2.75, 3.05) is 33.2 Å². The number of nitrogens with one attached hydrogen (secondary N) is 2. The molecule has 1 aromatic heterocycles. The Balaban J connectivity index is 1.85. The minimum atomic E-state index is -0.176. The zero-order chi connectivity index (χ0) is 10.7. The summed E-state index contributed by atoms with van der Waals surface area (Å²) in [5, 5.41) is 1.92. The third-order valence-corrected chi connectivity index (χ3v) is 2.48. The van der Waals surface area contributed by atoms with Crippen LogP contribution in [0, 0.1) is 0 Å². The maximum Gasteiger partial charge on any atom is 0.301 e. The summed E-state index contributed by atoms with van der Waals surface area (Å²) in [6, 6.07) is 0. The van der Waals surface area contributed by atoms with Crippen molar-refractivity contribution in [2.24, 2.45) is 0 Å². The van der Waals surface area contributed by atoms with Gasteiger partial charge in [-0.05, 0) is 7.05 Å². The molecule has 2 rings (SSSR count). The summed E-state index contributed by atoms with van der Waals surface area (Å²) in [4.78, 5) is 20.5. The second-order valence-electron chi connectivity index (χ2n) is 3.67. The summed E-state index contributed by atoms with van der Waals surface area (Å²) >= 11 is 0. The Labute approximate surface area is 88.2 Å². The number of hydrogen-bond acceptors (Lipinski definition) is 4. The summed E-state index contributed by atoms with van der Waals surface area (Å²) in [6.07, 6.45) is 3.21. The summed E-state index contributed by atoms with van der Waals surface area (Å²) in [6.45, 7) is 3.64. The van der Waals surface area contributed by atoms with Crippen LogP contribution in [0.25, 0.3) is 0 Å². The van der Waals surface area contributed by atoms with E-state index in [1.54, 1.807) is 12.4 Å². The number of imidazole rings is 1. The molecule has 2 N–H and O–H groups in total. The van der Waals surface area contributed by atoms with Gasteiger partial charge >= 0.3 is 5.91 Å². The number of nitrogens with zero attached hydrogens (tertiary/aromatic N) is 3. The van der Waals surface area contributed by atoms with Crippen molar-refractivity contribution in [1.29, 1.82) is 0 Å². The number of aromatic amines is 1. The number of likely N-dealkylation sites (N-methyl/N-ethyl adjacent to an activating group) is 1. The SMILES string of the molecule is CN1CCN(NC(=O)c2ncc[nH]2)CC1. The number of rotatable bonds is 2.